The van der Waals surface area contributed by atoms with Crippen molar-refractivity contribution in [1.82, 2.24) is 19.8 Å². The zero-order chi connectivity index (χ0) is 24.4. The first kappa shape index (κ1) is 23.4. The zero-order valence-corrected chi connectivity index (χ0v) is 20.6. The second-order valence-corrected chi connectivity index (χ2v) is 10.1. The number of fused-ring (bicyclic) bond motifs is 3. The van der Waals surface area contributed by atoms with E-state index >= 15 is 0 Å². The SMILES string of the molecule is COc1ccc2cc3n(c2c1)CC(C)(C(=O)NC1CCCCCCC1)N(Cc1cccnc1)C3=O. The summed E-state index contributed by atoms with van der Waals surface area (Å²) in [6.45, 7) is 2.60. The van der Waals surface area contributed by atoms with Crippen LogP contribution in [0.1, 0.15) is 67.9 Å². The molecule has 0 spiro atoms. The average molecular weight is 475 g/mol. The Kier molecular flexibility index (Phi) is 6.50. The first-order valence-electron chi connectivity index (χ1n) is 12.7. The molecule has 2 aliphatic rings. The molecule has 3 aromatic rings. The predicted molar refractivity (Wildman–Crippen MR) is 135 cm³/mol. The maximum atomic E-state index is 14.0. The summed E-state index contributed by atoms with van der Waals surface area (Å²) in [5.74, 6) is 0.491. The monoisotopic (exact) mass is 474 g/mol. The summed E-state index contributed by atoms with van der Waals surface area (Å²) in [6, 6.07) is 11.7. The molecule has 1 aromatic carbocycles. The van der Waals surface area contributed by atoms with Crippen LogP contribution in [0.15, 0.2) is 48.8 Å². The van der Waals surface area contributed by atoms with Gasteiger partial charge in [0, 0.05) is 36.4 Å². The van der Waals surface area contributed by atoms with Gasteiger partial charge in [0.05, 0.1) is 19.2 Å². The molecule has 35 heavy (non-hydrogen) atoms. The molecule has 0 saturated heterocycles. The van der Waals surface area contributed by atoms with E-state index in [0.29, 0.717) is 18.8 Å². The van der Waals surface area contributed by atoms with Gasteiger partial charge in [-0.3, -0.25) is 14.6 Å². The minimum absolute atomic E-state index is 0.0873. The highest BCUT2D eigenvalue weighted by molar-refractivity contribution is 6.03. The molecule has 1 unspecified atom stereocenters. The van der Waals surface area contributed by atoms with Crippen molar-refractivity contribution in [2.24, 2.45) is 0 Å². The van der Waals surface area contributed by atoms with Gasteiger partial charge < -0.3 is 19.5 Å². The number of ether oxygens (including phenoxy) is 1. The summed E-state index contributed by atoms with van der Waals surface area (Å²) in [5.41, 5.74) is 1.35. The molecule has 1 fully saturated rings. The lowest BCUT2D eigenvalue weighted by Crippen LogP contribution is -2.64. The third-order valence-corrected chi connectivity index (χ3v) is 7.63. The van der Waals surface area contributed by atoms with E-state index in [0.717, 1.165) is 47.9 Å². The van der Waals surface area contributed by atoms with E-state index in [1.807, 2.05) is 47.9 Å². The lowest BCUT2D eigenvalue weighted by atomic mass is 9.91. The Bertz CT molecular complexity index is 1210. The van der Waals surface area contributed by atoms with E-state index in [1.54, 1.807) is 24.4 Å². The van der Waals surface area contributed by atoms with Crippen LogP contribution < -0.4 is 10.1 Å². The van der Waals surface area contributed by atoms with Crippen LogP contribution in [0, 0.1) is 0 Å². The molecule has 1 aliphatic carbocycles. The Balaban J connectivity index is 1.53. The second kappa shape index (κ2) is 9.72. The van der Waals surface area contributed by atoms with Crippen molar-refractivity contribution in [3.63, 3.8) is 0 Å². The molecule has 7 heteroatoms. The molecule has 5 rings (SSSR count). The maximum absolute atomic E-state index is 14.0. The molecule has 7 nitrogen and oxygen atoms in total. The van der Waals surface area contributed by atoms with Crippen molar-refractivity contribution < 1.29 is 14.3 Å². The molecule has 1 saturated carbocycles. The molecule has 0 bridgehead atoms. The molecule has 0 radical (unpaired) electrons. The number of pyridine rings is 1. The molecule has 2 aromatic heterocycles. The van der Waals surface area contributed by atoms with E-state index < -0.39 is 5.54 Å². The third kappa shape index (κ3) is 4.51. The summed E-state index contributed by atoms with van der Waals surface area (Å²) < 4.78 is 7.42. The van der Waals surface area contributed by atoms with Crippen LogP contribution in [0.3, 0.4) is 0 Å². The number of benzene rings is 1. The van der Waals surface area contributed by atoms with E-state index in [9.17, 15) is 9.59 Å². The Morgan fingerprint density at radius 1 is 1.14 bits per heavy atom. The highest BCUT2D eigenvalue weighted by Gasteiger charge is 2.48. The van der Waals surface area contributed by atoms with Gasteiger partial charge in [-0.05, 0) is 49.6 Å². The van der Waals surface area contributed by atoms with Crippen LogP contribution in [-0.2, 0) is 17.9 Å². The number of hydrogen-bond donors (Lipinski definition) is 1. The maximum Gasteiger partial charge on any atom is 0.271 e. The minimum atomic E-state index is -1.04. The number of aromatic nitrogens is 2. The number of hydrogen-bond acceptors (Lipinski definition) is 4. The lowest BCUT2D eigenvalue weighted by molar-refractivity contribution is -0.134. The molecule has 1 N–H and O–H groups in total. The number of carbonyl (C=O) groups excluding carboxylic acids is 2. The smallest absolute Gasteiger partial charge is 0.271 e. The van der Waals surface area contributed by atoms with Gasteiger partial charge in [0.1, 0.15) is 17.0 Å². The number of amides is 2. The van der Waals surface area contributed by atoms with Gasteiger partial charge in [0.2, 0.25) is 5.91 Å². The van der Waals surface area contributed by atoms with Gasteiger partial charge in [-0.25, -0.2) is 0 Å². The van der Waals surface area contributed by atoms with Crippen molar-refractivity contribution in [2.45, 2.75) is 76.5 Å². The predicted octanol–water partition coefficient (Wildman–Crippen LogP) is 4.69. The van der Waals surface area contributed by atoms with Crippen molar-refractivity contribution >= 4 is 22.7 Å². The molecule has 184 valence electrons. The second-order valence-electron chi connectivity index (χ2n) is 10.1. The van der Waals surface area contributed by atoms with Crippen LogP contribution >= 0.6 is 0 Å². The number of carbonyl (C=O) groups is 2. The quantitative estimate of drug-likeness (QED) is 0.582. The van der Waals surface area contributed by atoms with Gasteiger partial charge in [0.15, 0.2) is 0 Å². The van der Waals surface area contributed by atoms with E-state index in [1.165, 1.54) is 19.3 Å². The summed E-state index contributed by atoms with van der Waals surface area (Å²) in [6.07, 6.45) is 11.4. The van der Waals surface area contributed by atoms with Gasteiger partial charge >= 0.3 is 0 Å². The summed E-state index contributed by atoms with van der Waals surface area (Å²) in [5, 5.41) is 4.30. The Labute approximate surface area is 206 Å². The highest BCUT2D eigenvalue weighted by atomic mass is 16.5. The fraction of sp³-hybridized carbons (Fsp3) is 0.464. The van der Waals surface area contributed by atoms with Gasteiger partial charge in [-0.1, -0.05) is 38.2 Å². The third-order valence-electron chi connectivity index (χ3n) is 7.63. The number of methoxy groups -OCH3 is 1. The number of nitrogens with zero attached hydrogens (tertiary/aromatic N) is 3. The van der Waals surface area contributed by atoms with Crippen LogP contribution in [0.2, 0.25) is 0 Å². The molecule has 1 atom stereocenters. The topological polar surface area (TPSA) is 76.5 Å². The molecular weight excluding hydrogens is 440 g/mol. The largest absolute Gasteiger partial charge is 0.497 e. The summed E-state index contributed by atoms with van der Waals surface area (Å²) in [4.78, 5) is 33.8. The molecule has 2 amide bonds. The fourth-order valence-corrected chi connectivity index (χ4v) is 5.52. The van der Waals surface area contributed by atoms with Crippen LogP contribution in [-0.4, -0.2) is 45.0 Å². The summed E-state index contributed by atoms with van der Waals surface area (Å²) >= 11 is 0. The standard InChI is InChI=1S/C28H34N4O3/c1-28(27(34)30-22-10-6-4-3-5-7-11-22)19-31-24-16-23(35-2)13-12-21(24)15-25(31)26(33)32(28)18-20-9-8-14-29-17-20/h8-9,12-17,22H,3-7,10-11,18-19H2,1-2H3,(H,30,34). The average Bonchev–Trinajstić information content (AvgIpc) is 3.21. The molecular formula is C28H34N4O3. The first-order chi connectivity index (χ1) is 17.0. The number of rotatable bonds is 5. The van der Waals surface area contributed by atoms with Crippen molar-refractivity contribution in [3.8, 4) is 5.75 Å². The Morgan fingerprint density at radius 2 is 1.91 bits per heavy atom. The lowest BCUT2D eigenvalue weighted by Gasteiger charge is -2.44. The van der Waals surface area contributed by atoms with E-state index in [2.05, 4.69) is 10.3 Å². The van der Waals surface area contributed by atoms with E-state index in [-0.39, 0.29) is 17.9 Å². The van der Waals surface area contributed by atoms with Crippen molar-refractivity contribution in [2.75, 3.05) is 7.11 Å². The normalized spacial score (nSPS) is 21.3. The van der Waals surface area contributed by atoms with Gasteiger partial charge in [-0.2, -0.15) is 0 Å². The van der Waals surface area contributed by atoms with Crippen molar-refractivity contribution in [1.29, 1.82) is 0 Å². The van der Waals surface area contributed by atoms with Crippen LogP contribution in [0.4, 0.5) is 0 Å². The van der Waals surface area contributed by atoms with Crippen molar-refractivity contribution in [3.05, 3.63) is 60.0 Å². The fourth-order valence-electron chi connectivity index (χ4n) is 5.52. The van der Waals surface area contributed by atoms with Gasteiger partial charge in [-0.15, -0.1) is 0 Å². The molecule has 3 heterocycles. The highest BCUT2D eigenvalue weighted by Crippen LogP contribution is 2.35. The minimum Gasteiger partial charge on any atom is -0.497 e. The number of nitrogens with one attached hydrogen (secondary N) is 1. The Hall–Kier alpha value is -3.35. The van der Waals surface area contributed by atoms with Gasteiger partial charge in [0.25, 0.3) is 5.91 Å². The van der Waals surface area contributed by atoms with Crippen LogP contribution in [0.5, 0.6) is 5.75 Å². The van der Waals surface area contributed by atoms with E-state index in [4.69, 9.17) is 4.74 Å². The van der Waals surface area contributed by atoms with Crippen LogP contribution in [0.25, 0.3) is 10.9 Å². The Morgan fingerprint density at radius 3 is 2.63 bits per heavy atom. The zero-order valence-electron chi connectivity index (χ0n) is 20.6. The molecule has 1 aliphatic heterocycles. The summed E-state index contributed by atoms with van der Waals surface area (Å²) in [7, 11) is 1.63. The first-order valence-corrected chi connectivity index (χ1v) is 12.7.